The van der Waals surface area contributed by atoms with E-state index in [9.17, 15) is 28.8 Å². The zero-order chi connectivity index (χ0) is 37.9. The molecule has 1 saturated heterocycles. The summed E-state index contributed by atoms with van der Waals surface area (Å²) in [6, 6.07) is 7.57. The van der Waals surface area contributed by atoms with Gasteiger partial charge in [-0.1, -0.05) is 26.0 Å². The maximum absolute atomic E-state index is 15.3. The first-order valence-corrected chi connectivity index (χ1v) is 18.6. The molecule has 0 bridgehead atoms. The molecule has 3 aromatic rings. The van der Waals surface area contributed by atoms with Gasteiger partial charge in [0.2, 0.25) is 12.3 Å². The number of aryl methyl sites for hydroxylation is 1. The van der Waals surface area contributed by atoms with Gasteiger partial charge in [0.15, 0.2) is 11.2 Å². The molecule has 0 aliphatic carbocycles. The largest absolute Gasteiger partial charge is 0.445 e. The Labute approximate surface area is 306 Å². The van der Waals surface area contributed by atoms with Crippen molar-refractivity contribution in [3.05, 3.63) is 69.8 Å². The maximum Gasteiger partial charge on any atom is 0.410 e. The number of carbonyl (C=O) groups excluding carboxylic acids is 5. The van der Waals surface area contributed by atoms with Gasteiger partial charge in [-0.05, 0) is 74.4 Å². The number of anilines is 1. The molecule has 52 heavy (non-hydrogen) atoms. The highest BCUT2D eigenvalue weighted by molar-refractivity contribution is 7.98. The van der Waals surface area contributed by atoms with Crippen LogP contribution in [0.25, 0.3) is 10.9 Å². The highest BCUT2D eigenvalue weighted by atomic mass is 32.2. The molecule has 0 saturated carbocycles. The molecule has 1 fully saturated rings. The normalized spacial score (nSPS) is 14.1. The van der Waals surface area contributed by atoms with Gasteiger partial charge in [0.05, 0.1) is 16.8 Å². The number of ether oxygens (including phenoxy) is 2. The number of nitrogens with one attached hydrogen (secondary N) is 2. The van der Waals surface area contributed by atoms with Gasteiger partial charge in [0.1, 0.15) is 30.3 Å². The standard InChI is InChI=1S/C37H46FN5O8S/c1-6-41-20-28(24(4)45)34(46)27-18-29(38)33(19-32(27)41)42-12-14-43(15-13-42)37(49)50-21-25-7-9-26(10-8-25)51-36(48)31(17-23(2)3)40-35(47)30(39-22-44)11-16-52-5/h7-10,18-20,22-23,30-31H,6,11-17,21H2,1-5H3,(H,39,44)(H,40,47)/t30-,31-/m0/s1. The number of benzene rings is 2. The van der Waals surface area contributed by atoms with Gasteiger partial charge in [0, 0.05) is 44.3 Å². The highest BCUT2D eigenvalue weighted by Gasteiger charge is 2.28. The average molecular weight is 740 g/mol. The number of halogens is 1. The van der Waals surface area contributed by atoms with E-state index >= 15 is 4.39 Å². The van der Waals surface area contributed by atoms with Gasteiger partial charge in [-0.2, -0.15) is 11.8 Å². The summed E-state index contributed by atoms with van der Waals surface area (Å²) in [7, 11) is 0. The lowest BCUT2D eigenvalue weighted by molar-refractivity contribution is -0.140. The molecule has 4 rings (SSSR count). The Morgan fingerprint density at radius 2 is 1.73 bits per heavy atom. The van der Waals surface area contributed by atoms with E-state index in [1.807, 2.05) is 31.9 Å². The van der Waals surface area contributed by atoms with Crippen LogP contribution in [-0.4, -0.2) is 89.9 Å². The molecule has 280 valence electrons. The Morgan fingerprint density at radius 3 is 2.33 bits per heavy atom. The maximum atomic E-state index is 15.3. The predicted octanol–water partition coefficient (Wildman–Crippen LogP) is 4.13. The van der Waals surface area contributed by atoms with E-state index in [0.29, 0.717) is 61.4 Å². The average Bonchev–Trinajstić information content (AvgIpc) is 3.12. The number of nitrogens with zero attached hydrogens (tertiary/aromatic N) is 3. The number of pyridine rings is 1. The van der Waals surface area contributed by atoms with Crippen LogP contribution in [0.15, 0.2) is 47.4 Å². The first kappa shape index (κ1) is 39.9. The summed E-state index contributed by atoms with van der Waals surface area (Å²) in [6.45, 7) is 8.71. The fourth-order valence-corrected chi connectivity index (χ4v) is 6.40. The first-order chi connectivity index (χ1) is 24.9. The summed E-state index contributed by atoms with van der Waals surface area (Å²) >= 11 is 1.54. The third kappa shape index (κ3) is 10.1. The third-order valence-corrected chi connectivity index (χ3v) is 9.40. The van der Waals surface area contributed by atoms with E-state index in [4.69, 9.17) is 9.47 Å². The van der Waals surface area contributed by atoms with Crippen LogP contribution in [-0.2, 0) is 32.3 Å². The number of hydrogen-bond acceptors (Lipinski definition) is 10. The monoisotopic (exact) mass is 739 g/mol. The molecule has 2 N–H and O–H groups in total. The van der Waals surface area contributed by atoms with Crippen molar-refractivity contribution in [2.24, 2.45) is 5.92 Å². The smallest absolute Gasteiger partial charge is 0.410 e. The number of piperazine rings is 1. The number of esters is 1. The number of fused-ring (bicyclic) bond motifs is 1. The van der Waals surface area contributed by atoms with Crippen LogP contribution in [0.5, 0.6) is 5.75 Å². The molecule has 0 spiro atoms. The molecule has 15 heteroatoms. The van der Waals surface area contributed by atoms with Gasteiger partial charge in [-0.3, -0.25) is 19.2 Å². The summed E-state index contributed by atoms with van der Waals surface area (Å²) < 4.78 is 28.1. The number of carbonyl (C=O) groups is 5. The van der Waals surface area contributed by atoms with Gasteiger partial charge < -0.3 is 34.5 Å². The van der Waals surface area contributed by atoms with Crippen LogP contribution in [0.1, 0.15) is 56.5 Å². The molecule has 2 aromatic carbocycles. The summed E-state index contributed by atoms with van der Waals surface area (Å²) in [5.41, 5.74) is 1.00. The summed E-state index contributed by atoms with van der Waals surface area (Å²) in [5.74, 6) is -1.08. The number of thioether (sulfide) groups is 1. The predicted molar refractivity (Wildman–Crippen MR) is 197 cm³/mol. The molecule has 13 nitrogen and oxygen atoms in total. The molecule has 2 heterocycles. The molecule has 1 aliphatic rings. The second-order valence-corrected chi connectivity index (χ2v) is 13.9. The van der Waals surface area contributed by atoms with E-state index in [1.165, 1.54) is 24.1 Å². The lowest BCUT2D eigenvalue weighted by atomic mass is 10.0. The van der Waals surface area contributed by atoms with E-state index in [-0.39, 0.29) is 48.1 Å². The van der Waals surface area contributed by atoms with Crippen molar-refractivity contribution in [1.29, 1.82) is 0 Å². The second-order valence-electron chi connectivity index (χ2n) is 12.9. The Kier molecular flexibility index (Phi) is 14.2. The van der Waals surface area contributed by atoms with E-state index in [0.717, 1.165) is 0 Å². The Bertz CT molecular complexity index is 1830. The quantitative estimate of drug-likeness (QED) is 0.0949. The van der Waals surface area contributed by atoms with E-state index in [2.05, 4.69) is 10.6 Å². The molecule has 2 atom stereocenters. The second kappa shape index (κ2) is 18.5. The highest BCUT2D eigenvalue weighted by Crippen LogP contribution is 2.27. The van der Waals surface area contributed by atoms with Crippen molar-refractivity contribution in [3.8, 4) is 5.75 Å². The van der Waals surface area contributed by atoms with Crippen molar-refractivity contribution in [1.82, 2.24) is 20.1 Å². The van der Waals surface area contributed by atoms with Gasteiger partial charge in [-0.15, -0.1) is 0 Å². The minimum absolute atomic E-state index is 0.0162. The topological polar surface area (TPSA) is 156 Å². The van der Waals surface area contributed by atoms with Crippen molar-refractivity contribution in [2.75, 3.05) is 43.1 Å². The Hall–Kier alpha value is -4.92. The van der Waals surface area contributed by atoms with Gasteiger partial charge in [0.25, 0.3) is 0 Å². The number of amides is 3. The van der Waals surface area contributed by atoms with Crippen molar-refractivity contribution >= 4 is 58.5 Å². The molecular formula is C37H46FN5O8S. The van der Waals surface area contributed by atoms with Gasteiger partial charge >= 0.3 is 12.1 Å². The number of aromatic nitrogens is 1. The van der Waals surface area contributed by atoms with Crippen molar-refractivity contribution in [3.63, 3.8) is 0 Å². The molecule has 3 amide bonds. The number of hydrogen-bond donors (Lipinski definition) is 2. The third-order valence-electron chi connectivity index (χ3n) is 8.76. The lowest BCUT2D eigenvalue weighted by Gasteiger charge is -2.35. The minimum atomic E-state index is -0.920. The van der Waals surface area contributed by atoms with Crippen LogP contribution < -0.4 is 25.7 Å². The number of ketones is 1. The van der Waals surface area contributed by atoms with Crippen LogP contribution in [0.2, 0.25) is 0 Å². The number of Topliss-reactive ketones (excluding diaryl/α,β-unsaturated/α-hetero) is 1. The van der Waals surface area contributed by atoms with Crippen molar-refractivity contribution in [2.45, 2.75) is 65.8 Å². The summed E-state index contributed by atoms with van der Waals surface area (Å²) in [6.07, 6.45) is 4.10. The first-order valence-electron chi connectivity index (χ1n) is 17.2. The van der Waals surface area contributed by atoms with Crippen LogP contribution in [0.4, 0.5) is 14.9 Å². The fourth-order valence-electron chi connectivity index (χ4n) is 5.93. The van der Waals surface area contributed by atoms with Crippen LogP contribution in [0.3, 0.4) is 0 Å². The van der Waals surface area contributed by atoms with Crippen LogP contribution >= 0.6 is 11.8 Å². The summed E-state index contributed by atoms with van der Waals surface area (Å²) in [4.78, 5) is 78.0. The van der Waals surface area contributed by atoms with E-state index < -0.39 is 41.3 Å². The Balaban J connectivity index is 1.31. The zero-order valence-corrected chi connectivity index (χ0v) is 30.9. The van der Waals surface area contributed by atoms with Crippen molar-refractivity contribution < 1.29 is 37.8 Å². The van der Waals surface area contributed by atoms with Crippen LogP contribution in [0, 0.1) is 11.7 Å². The van der Waals surface area contributed by atoms with Gasteiger partial charge in [-0.25, -0.2) is 14.0 Å². The minimum Gasteiger partial charge on any atom is -0.445 e. The molecular weight excluding hydrogens is 693 g/mol. The zero-order valence-electron chi connectivity index (χ0n) is 30.1. The SMILES string of the molecule is CCn1cc(C(C)=O)c(=O)c2cc(F)c(N3CCN(C(=O)OCc4ccc(OC(=O)[C@H](CC(C)C)NC(=O)[C@H](CCSC)NC=O)cc4)CC3)cc21. The van der Waals surface area contributed by atoms with E-state index in [1.54, 1.807) is 46.7 Å². The molecule has 0 radical (unpaired) electrons. The number of rotatable bonds is 16. The lowest BCUT2D eigenvalue weighted by Crippen LogP contribution is -2.51. The summed E-state index contributed by atoms with van der Waals surface area (Å²) in [5, 5.41) is 5.37. The molecule has 0 unspecified atom stereocenters. The molecule has 1 aliphatic heterocycles. The molecule has 1 aromatic heterocycles. The Morgan fingerprint density at radius 1 is 1.04 bits per heavy atom. The fraction of sp³-hybridized carbons (Fsp3) is 0.459.